The van der Waals surface area contributed by atoms with Crippen LogP contribution in [0.5, 0.6) is 0 Å². The van der Waals surface area contributed by atoms with Gasteiger partial charge >= 0.3 is 17.9 Å². The molecule has 7 heteroatoms. The highest BCUT2D eigenvalue weighted by molar-refractivity contribution is 5.92. The van der Waals surface area contributed by atoms with Crippen LogP contribution in [0.3, 0.4) is 0 Å². The van der Waals surface area contributed by atoms with Gasteiger partial charge in [0.1, 0.15) is 11.7 Å². The van der Waals surface area contributed by atoms with Crippen molar-refractivity contribution in [2.45, 2.75) is 104 Å². The molecule has 0 spiro atoms. The predicted octanol–water partition coefficient (Wildman–Crippen LogP) is 3.80. The smallest absolute Gasteiger partial charge is 0.334 e. The van der Waals surface area contributed by atoms with Crippen molar-refractivity contribution in [2.75, 3.05) is 0 Å². The van der Waals surface area contributed by atoms with Crippen LogP contribution in [0.15, 0.2) is 22.8 Å². The Labute approximate surface area is 184 Å². The first-order valence-electron chi connectivity index (χ1n) is 11.1. The highest BCUT2D eigenvalue weighted by atomic mass is 16.6. The second-order valence-corrected chi connectivity index (χ2v) is 9.35. The van der Waals surface area contributed by atoms with Gasteiger partial charge in [-0.15, -0.1) is 0 Å². The fraction of sp³-hybridized carbons (Fsp3) is 0.708. The van der Waals surface area contributed by atoms with Gasteiger partial charge in [0.05, 0.1) is 6.10 Å². The molecule has 172 valence electrons. The second kappa shape index (κ2) is 9.15. The summed E-state index contributed by atoms with van der Waals surface area (Å²) in [6.07, 6.45) is 3.60. The van der Waals surface area contributed by atoms with Crippen LogP contribution in [0.4, 0.5) is 0 Å². The third-order valence-corrected chi connectivity index (χ3v) is 6.71. The van der Waals surface area contributed by atoms with E-state index in [1.54, 1.807) is 6.92 Å². The molecule has 0 amide bonds. The number of hydrogen-bond acceptors (Lipinski definition) is 7. The topological polar surface area (TPSA) is 88.1 Å². The van der Waals surface area contributed by atoms with Gasteiger partial charge in [-0.25, -0.2) is 4.79 Å². The van der Waals surface area contributed by atoms with Crippen LogP contribution in [0.1, 0.15) is 73.6 Å². The molecule has 0 aliphatic carbocycles. The average molecular weight is 435 g/mol. The van der Waals surface area contributed by atoms with Crippen LogP contribution in [0, 0.1) is 5.92 Å². The quantitative estimate of drug-likeness (QED) is 0.371. The molecule has 0 N–H and O–H groups in total. The molecule has 1 saturated heterocycles. The number of rotatable bonds is 2. The monoisotopic (exact) mass is 434 g/mol. The van der Waals surface area contributed by atoms with Crippen molar-refractivity contribution < 1.29 is 33.3 Å². The summed E-state index contributed by atoms with van der Waals surface area (Å²) >= 11 is 0. The third kappa shape index (κ3) is 5.03. The van der Waals surface area contributed by atoms with Crippen molar-refractivity contribution in [1.82, 2.24) is 0 Å². The van der Waals surface area contributed by atoms with E-state index >= 15 is 0 Å². The van der Waals surface area contributed by atoms with E-state index in [2.05, 4.69) is 13.0 Å². The van der Waals surface area contributed by atoms with Crippen LogP contribution < -0.4 is 0 Å². The number of esters is 3. The molecule has 7 nitrogen and oxygen atoms in total. The van der Waals surface area contributed by atoms with E-state index in [0.717, 1.165) is 24.8 Å². The lowest BCUT2D eigenvalue weighted by Gasteiger charge is -2.39. The van der Waals surface area contributed by atoms with Crippen molar-refractivity contribution in [3.63, 3.8) is 0 Å². The van der Waals surface area contributed by atoms with Gasteiger partial charge < -0.3 is 18.9 Å². The van der Waals surface area contributed by atoms with Crippen LogP contribution in [-0.4, -0.2) is 47.9 Å². The van der Waals surface area contributed by atoms with Crippen molar-refractivity contribution >= 4 is 17.9 Å². The van der Waals surface area contributed by atoms with Crippen molar-refractivity contribution in [3.8, 4) is 0 Å². The van der Waals surface area contributed by atoms with E-state index in [1.807, 2.05) is 13.8 Å². The molecule has 3 aliphatic rings. The zero-order valence-electron chi connectivity index (χ0n) is 19.4. The van der Waals surface area contributed by atoms with Gasteiger partial charge in [0, 0.05) is 31.4 Å². The molecular formula is C24H34O7. The van der Waals surface area contributed by atoms with Gasteiger partial charge in [0.15, 0.2) is 12.2 Å². The maximum atomic E-state index is 12.5. The molecule has 3 aliphatic heterocycles. The van der Waals surface area contributed by atoms with Crippen LogP contribution in [-0.2, 0) is 33.3 Å². The lowest BCUT2D eigenvalue weighted by Crippen LogP contribution is -2.52. The lowest BCUT2D eigenvalue weighted by molar-refractivity contribution is -0.192. The summed E-state index contributed by atoms with van der Waals surface area (Å²) in [5.41, 5.74) is 1.19. The SMILES string of the molecule is CC(=O)O[C@@H]1[C@@H](OC(C)=O)C2=C(C)C(=O)O[C@H]2C/C(C)=C/CC[C@H](C)[C@H]2CCC1(C)O2. The summed E-state index contributed by atoms with van der Waals surface area (Å²) in [5.74, 6) is -1.13. The first-order chi connectivity index (χ1) is 14.5. The van der Waals surface area contributed by atoms with E-state index in [4.69, 9.17) is 18.9 Å². The highest BCUT2D eigenvalue weighted by Gasteiger charge is 2.53. The third-order valence-electron chi connectivity index (χ3n) is 6.71. The summed E-state index contributed by atoms with van der Waals surface area (Å²) in [5, 5.41) is 0. The minimum atomic E-state index is -0.967. The Morgan fingerprint density at radius 3 is 2.45 bits per heavy atom. The van der Waals surface area contributed by atoms with Gasteiger partial charge in [0.25, 0.3) is 0 Å². The van der Waals surface area contributed by atoms with Gasteiger partial charge in [-0.1, -0.05) is 18.6 Å². The van der Waals surface area contributed by atoms with Gasteiger partial charge in [0.2, 0.25) is 0 Å². The van der Waals surface area contributed by atoms with Gasteiger partial charge in [-0.05, 0) is 52.4 Å². The number of ether oxygens (including phenoxy) is 4. The van der Waals surface area contributed by atoms with E-state index in [1.165, 1.54) is 13.8 Å². The maximum Gasteiger partial charge on any atom is 0.334 e. The number of hydrogen-bond donors (Lipinski definition) is 0. The van der Waals surface area contributed by atoms with Crippen molar-refractivity contribution in [1.29, 1.82) is 0 Å². The molecule has 1 unspecified atom stereocenters. The molecule has 6 atom stereocenters. The summed E-state index contributed by atoms with van der Waals surface area (Å²) in [6, 6.07) is 0. The Morgan fingerprint density at radius 2 is 1.81 bits per heavy atom. The Hall–Kier alpha value is -2.15. The zero-order chi connectivity index (χ0) is 22.9. The van der Waals surface area contributed by atoms with Gasteiger partial charge in [-0.3, -0.25) is 9.59 Å². The van der Waals surface area contributed by atoms with E-state index in [0.29, 0.717) is 29.9 Å². The van der Waals surface area contributed by atoms with Gasteiger partial charge in [-0.2, -0.15) is 0 Å². The Balaban J connectivity index is 2.14. The molecule has 1 fully saturated rings. The summed E-state index contributed by atoms with van der Waals surface area (Å²) in [6.45, 7) is 10.4. The molecule has 0 aromatic heterocycles. The molecular weight excluding hydrogens is 400 g/mol. The van der Waals surface area contributed by atoms with Crippen molar-refractivity contribution in [3.05, 3.63) is 22.8 Å². The number of allylic oxidation sites excluding steroid dienone is 1. The molecule has 3 heterocycles. The number of fused-ring (bicyclic) bond motifs is 3. The molecule has 0 radical (unpaired) electrons. The molecule has 0 saturated carbocycles. The van der Waals surface area contributed by atoms with Crippen LogP contribution in [0.25, 0.3) is 0 Å². The van der Waals surface area contributed by atoms with Crippen molar-refractivity contribution in [2.24, 2.45) is 5.92 Å². The van der Waals surface area contributed by atoms with E-state index in [-0.39, 0.29) is 6.10 Å². The standard InChI is InChI=1S/C24H34O7/c1-13-8-7-9-14(2)18-10-11-24(6,31-18)22(29-17(5)26)21(28-16(4)25)20-15(3)23(27)30-19(20)12-13/h8,14,18-19,21-22H,7,9-12H2,1-6H3/b13-8+/t14-,18+,19-,21-,22+,24?/m0/s1. The van der Waals surface area contributed by atoms with E-state index < -0.39 is 41.8 Å². The zero-order valence-corrected chi connectivity index (χ0v) is 19.4. The Kier molecular flexibility index (Phi) is 6.94. The van der Waals surface area contributed by atoms with E-state index in [9.17, 15) is 14.4 Å². The maximum absolute atomic E-state index is 12.5. The Bertz CT molecular complexity index is 811. The largest absolute Gasteiger partial charge is 0.455 e. The molecule has 2 bridgehead atoms. The molecule has 31 heavy (non-hydrogen) atoms. The minimum absolute atomic E-state index is 0.0165. The summed E-state index contributed by atoms with van der Waals surface area (Å²) in [7, 11) is 0. The normalized spacial score (nSPS) is 38.1. The minimum Gasteiger partial charge on any atom is -0.455 e. The predicted molar refractivity (Wildman–Crippen MR) is 113 cm³/mol. The summed E-state index contributed by atoms with van der Waals surface area (Å²) in [4.78, 5) is 36.7. The van der Waals surface area contributed by atoms with Crippen LogP contribution >= 0.6 is 0 Å². The molecule has 0 aromatic carbocycles. The summed E-state index contributed by atoms with van der Waals surface area (Å²) < 4.78 is 23.7. The second-order valence-electron chi connectivity index (χ2n) is 9.35. The Morgan fingerprint density at radius 1 is 1.13 bits per heavy atom. The fourth-order valence-corrected chi connectivity index (χ4v) is 5.00. The highest BCUT2D eigenvalue weighted by Crippen LogP contribution is 2.43. The number of carbonyl (C=O) groups is 3. The average Bonchev–Trinajstić information content (AvgIpc) is 3.18. The first kappa shape index (κ1) is 23.5. The fourth-order valence-electron chi connectivity index (χ4n) is 5.00. The number of carbonyl (C=O) groups excluding carboxylic acids is 3. The first-order valence-corrected chi connectivity index (χ1v) is 11.1. The molecule has 0 aromatic rings. The lowest BCUT2D eigenvalue weighted by atomic mass is 9.83. The molecule has 3 rings (SSSR count). The van der Waals surface area contributed by atoms with Crippen LogP contribution in [0.2, 0.25) is 0 Å².